The lowest BCUT2D eigenvalue weighted by molar-refractivity contribution is -0.138. The molecule has 1 heterocycles. The van der Waals surface area contributed by atoms with E-state index in [0.29, 0.717) is 17.1 Å². The Morgan fingerprint density at radius 1 is 1.05 bits per heavy atom. The Morgan fingerprint density at radius 2 is 1.71 bits per heavy atom. The highest BCUT2D eigenvalue weighted by molar-refractivity contribution is 6.35. The number of benzene rings is 1. The summed E-state index contributed by atoms with van der Waals surface area (Å²) in [5.74, 6) is -1.52. The Hall–Kier alpha value is -1.81. The van der Waals surface area contributed by atoms with E-state index in [1.165, 1.54) is 0 Å². The van der Waals surface area contributed by atoms with Crippen molar-refractivity contribution in [1.29, 1.82) is 0 Å². The SMILES string of the molecule is CCCCCCN1C(=O)C(O)=C(c2ccc(Cl)cc2)C1=O. The molecule has 0 aliphatic carbocycles. The fourth-order valence-electron chi connectivity index (χ4n) is 2.34. The van der Waals surface area contributed by atoms with Gasteiger partial charge >= 0.3 is 0 Å². The number of hydrogen-bond donors (Lipinski definition) is 1. The molecule has 0 unspecified atom stereocenters. The van der Waals surface area contributed by atoms with Crippen LogP contribution in [0.5, 0.6) is 0 Å². The van der Waals surface area contributed by atoms with E-state index in [-0.39, 0.29) is 5.57 Å². The zero-order valence-corrected chi connectivity index (χ0v) is 12.7. The minimum absolute atomic E-state index is 0.0622. The molecule has 1 aromatic rings. The first-order valence-corrected chi connectivity index (χ1v) is 7.49. The van der Waals surface area contributed by atoms with Gasteiger partial charge in [-0.15, -0.1) is 0 Å². The number of halogens is 1. The van der Waals surface area contributed by atoms with Crippen molar-refractivity contribution in [1.82, 2.24) is 4.90 Å². The molecule has 0 bridgehead atoms. The van der Waals surface area contributed by atoms with E-state index in [1.54, 1.807) is 24.3 Å². The van der Waals surface area contributed by atoms with Crippen LogP contribution >= 0.6 is 11.6 Å². The van der Waals surface area contributed by atoms with Gasteiger partial charge in [0.25, 0.3) is 11.8 Å². The van der Waals surface area contributed by atoms with Gasteiger partial charge in [-0.1, -0.05) is 49.9 Å². The second-order valence-electron chi connectivity index (χ2n) is 5.05. The largest absolute Gasteiger partial charge is 0.502 e. The number of nitrogens with zero attached hydrogens (tertiary/aromatic N) is 1. The Balaban J connectivity index is 2.14. The minimum Gasteiger partial charge on any atom is -0.502 e. The van der Waals surface area contributed by atoms with Gasteiger partial charge in [-0.3, -0.25) is 14.5 Å². The maximum absolute atomic E-state index is 12.3. The van der Waals surface area contributed by atoms with E-state index < -0.39 is 17.6 Å². The molecular formula is C16H18ClNO3. The molecule has 1 aliphatic rings. The lowest BCUT2D eigenvalue weighted by Gasteiger charge is -2.14. The number of aliphatic hydroxyl groups is 1. The third-order valence-electron chi connectivity index (χ3n) is 3.51. The van der Waals surface area contributed by atoms with Crippen LogP contribution in [0.2, 0.25) is 5.02 Å². The van der Waals surface area contributed by atoms with Crippen molar-refractivity contribution in [3.63, 3.8) is 0 Å². The quantitative estimate of drug-likeness (QED) is 0.646. The smallest absolute Gasteiger partial charge is 0.296 e. The van der Waals surface area contributed by atoms with Crippen LogP contribution in [0.4, 0.5) is 0 Å². The van der Waals surface area contributed by atoms with Crippen molar-refractivity contribution >= 4 is 29.0 Å². The highest BCUT2D eigenvalue weighted by Gasteiger charge is 2.38. The molecule has 0 radical (unpaired) electrons. The number of unbranched alkanes of at least 4 members (excludes halogenated alkanes) is 3. The molecule has 1 aromatic carbocycles. The first-order chi connectivity index (χ1) is 10.1. The van der Waals surface area contributed by atoms with Crippen molar-refractivity contribution in [2.24, 2.45) is 0 Å². The van der Waals surface area contributed by atoms with E-state index >= 15 is 0 Å². The Morgan fingerprint density at radius 3 is 2.33 bits per heavy atom. The molecule has 0 saturated carbocycles. The van der Waals surface area contributed by atoms with Gasteiger partial charge in [0.1, 0.15) is 0 Å². The molecule has 0 aromatic heterocycles. The predicted octanol–water partition coefficient (Wildman–Crippen LogP) is 3.56. The molecule has 0 atom stereocenters. The lowest BCUT2D eigenvalue weighted by Crippen LogP contribution is -2.32. The molecule has 1 N–H and O–H groups in total. The number of carbonyl (C=O) groups is 2. The predicted molar refractivity (Wildman–Crippen MR) is 81.9 cm³/mol. The van der Waals surface area contributed by atoms with Crippen LogP contribution in [0.15, 0.2) is 30.0 Å². The molecule has 2 rings (SSSR count). The van der Waals surface area contributed by atoms with E-state index in [0.717, 1.165) is 30.6 Å². The molecule has 0 fully saturated rings. The summed E-state index contributed by atoms with van der Waals surface area (Å²) in [4.78, 5) is 25.5. The van der Waals surface area contributed by atoms with E-state index in [2.05, 4.69) is 6.92 Å². The summed E-state index contributed by atoms with van der Waals surface area (Å²) in [6.07, 6.45) is 3.87. The summed E-state index contributed by atoms with van der Waals surface area (Å²) in [7, 11) is 0. The van der Waals surface area contributed by atoms with Crippen LogP contribution in [0.25, 0.3) is 5.57 Å². The summed E-state index contributed by atoms with van der Waals surface area (Å²) >= 11 is 5.81. The molecule has 0 saturated heterocycles. The summed E-state index contributed by atoms with van der Waals surface area (Å²) in [6, 6.07) is 6.50. The third-order valence-corrected chi connectivity index (χ3v) is 3.76. The molecule has 0 spiro atoms. The number of rotatable bonds is 6. The number of aliphatic hydroxyl groups excluding tert-OH is 1. The fraction of sp³-hybridized carbons (Fsp3) is 0.375. The molecule has 2 amide bonds. The summed E-state index contributed by atoms with van der Waals surface area (Å²) in [5, 5.41) is 10.5. The summed E-state index contributed by atoms with van der Waals surface area (Å²) < 4.78 is 0. The van der Waals surface area contributed by atoms with E-state index in [1.807, 2.05) is 0 Å². The summed E-state index contributed by atoms with van der Waals surface area (Å²) in [5.41, 5.74) is 0.568. The van der Waals surface area contributed by atoms with Crippen LogP contribution in [-0.2, 0) is 9.59 Å². The van der Waals surface area contributed by atoms with Crippen LogP contribution in [-0.4, -0.2) is 28.4 Å². The number of imide groups is 1. The molecular weight excluding hydrogens is 290 g/mol. The van der Waals surface area contributed by atoms with Crippen molar-refractivity contribution in [2.75, 3.05) is 6.54 Å². The molecule has 1 aliphatic heterocycles. The second-order valence-corrected chi connectivity index (χ2v) is 5.49. The van der Waals surface area contributed by atoms with Gasteiger partial charge < -0.3 is 5.11 Å². The normalized spacial score (nSPS) is 15.2. The average Bonchev–Trinajstić information content (AvgIpc) is 2.68. The molecule has 5 heteroatoms. The van der Waals surface area contributed by atoms with Gasteiger partial charge in [0.15, 0.2) is 5.76 Å². The Kier molecular flexibility index (Phi) is 5.02. The first kappa shape index (κ1) is 15.6. The molecule has 21 heavy (non-hydrogen) atoms. The third kappa shape index (κ3) is 3.27. The molecule has 112 valence electrons. The fourth-order valence-corrected chi connectivity index (χ4v) is 2.47. The van der Waals surface area contributed by atoms with Gasteiger partial charge in [-0.25, -0.2) is 0 Å². The van der Waals surface area contributed by atoms with Crippen LogP contribution in [0, 0.1) is 0 Å². The first-order valence-electron chi connectivity index (χ1n) is 7.11. The van der Waals surface area contributed by atoms with Crippen molar-refractivity contribution in [3.05, 3.63) is 40.6 Å². The van der Waals surface area contributed by atoms with E-state index in [4.69, 9.17) is 11.6 Å². The van der Waals surface area contributed by atoms with Gasteiger partial charge in [-0.2, -0.15) is 0 Å². The number of hydrogen-bond acceptors (Lipinski definition) is 3. The van der Waals surface area contributed by atoms with Crippen LogP contribution in [0.1, 0.15) is 38.2 Å². The number of carbonyl (C=O) groups excluding carboxylic acids is 2. The van der Waals surface area contributed by atoms with Gasteiger partial charge in [0.2, 0.25) is 0 Å². The second kappa shape index (κ2) is 6.76. The van der Waals surface area contributed by atoms with Gasteiger partial charge in [0, 0.05) is 11.6 Å². The van der Waals surface area contributed by atoms with Gasteiger partial charge in [-0.05, 0) is 24.1 Å². The zero-order valence-electron chi connectivity index (χ0n) is 11.9. The van der Waals surface area contributed by atoms with Crippen molar-refractivity contribution in [2.45, 2.75) is 32.6 Å². The maximum atomic E-state index is 12.3. The minimum atomic E-state index is -0.610. The zero-order chi connectivity index (χ0) is 15.4. The Bertz CT molecular complexity index is 578. The van der Waals surface area contributed by atoms with Crippen molar-refractivity contribution < 1.29 is 14.7 Å². The standard InChI is InChI=1S/C16H18ClNO3/c1-2-3-4-5-10-18-15(20)13(14(19)16(18)21)11-6-8-12(17)9-7-11/h6-9,19H,2-5,10H2,1H3. The maximum Gasteiger partial charge on any atom is 0.296 e. The van der Waals surface area contributed by atoms with Crippen molar-refractivity contribution in [3.8, 4) is 0 Å². The topological polar surface area (TPSA) is 57.6 Å². The summed E-state index contributed by atoms with van der Waals surface area (Å²) in [6.45, 7) is 2.44. The lowest BCUT2D eigenvalue weighted by atomic mass is 10.1. The van der Waals surface area contributed by atoms with Gasteiger partial charge in [0.05, 0.1) is 5.57 Å². The average molecular weight is 308 g/mol. The van der Waals surface area contributed by atoms with Crippen LogP contribution < -0.4 is 0 Å². The Labute approximate surface area is 129 Å². The highest BCUT2D eigenvalue weighted by atomic mass is 35.5. The van der Waals surface area contributed by atoms with Crippen LogP contribution in [0.3, 0.4) is 0 Å². The highest BCUT2D eigenvalue weighted by Crippen LogP contribution is 2.29. The monoisotopic (exact) mass is 307 g/mol. The molecule has 4 nitrogen and oxygen atoms in total. The number of amides is 2. The van der Waals surface area contributed by atoms with E-state index in [9.17, 15) is 14.7 Å².